The first-order valence-electron chi connectivity index (χ1n) is 9.33. The van der Waals surface area contributed by atoms with Gasteiger partial charge in [0.25, 0.3) is 5.91 Å². The zero-order chi connectivity index (χ0) is 19.5. The summed E-state index contributed by atoms with van der Waals surface area (Å²) < 4.78 is 11.4. The van der Waals surface area contributed by atoms with Gasteiger partial charge in [-0.3, -0.25) is 4.79 Å². The third-order valence-corrected chi connectivity index (χ3v) is 4.73. The Morgan fingerprint density at radius 1 is 1.07 bits per heavy atom. The van der Waals surface area contributed by atoms with E-state index in [0.29, 0.717) is 30.5 Å². The fourth-order valence-corrected chi connectivity index (χ4v) is 3.12. The molecule has 1 amide bonds. The van der Waals surface area contributed by atoms with Gasteiger partial charge in [0.1, 0.15) is 5.58 Å². The molecule has 6 heteroatoms. The summed E-state index contributed by atoms with van der Waals surface area (Å²) in [6, 6.07) is 15.6. The minimum atomic E-state index is -0.241. The first-order valence-corrected chi connectivity index (χ1v) is 9.33. The molecule has 0 atom stereocenters. The molecule has 2 heterocycles. The second-order valence-corrected chi connectivity index (χ2v) is 6.61. The van der Waals surface area contributed by atoms with Gasteiger partial charge in [0.15, 0.2) is 5.76 Å². The van der Waals surface area contributed by atoms with Crippen molar-refractivity contribution in [2.75, 3.05) is 6.54 Å². The Labute approximate surface area is 162 Å². The molecule has 0 aliphatic rings. The molecule has 4 aromatic rings. The van der Waals surface area contributed by atoms with Crippen molar-refractivity contribution in [3.05, 3.63) is 71.3 Å². The molecule has 0 spiro atoms. The minimum absolute atomic E-state index is 0.241. The Bertz CT molecular complexity index is 1110. The standard InChI is InChI=1S/C22H21N3O3/c1-3-15-9-10-18-17(13-15)14(2)20(27-18)21(26)23-12-11-19-24-25-22(28-19)16-7-5-4-6-8-16/h4-10,13H,3,11-12H2,1-2H3,(H,23,26). The van der Waals surface area contributed by atoms with Crippen LogP contribution in [-0.2, 0) is 12.8 Å². The molecule has 0 bridgehead atoms. The third-order valence-electron chi connectivity index (χ3n) is 4.73. The monoisotopic (exact) mass is 375 g/mol. The lowest BCUT2D eigenvalue weighted by Gasteiger charge is -2.01. The van der Waals surface area contributed by atoms with E-state index in [-0.39, 0.29) is 5.91 Å². The molecule has 0 unspecified atom stereocenters. The van der Waals surface area contributed by atoms with Crippen LogP contribution in [0.25, 0.3) is 22.4 Å². The van der Waals surface area contributed by atoms with Gasteiger partial charge < -0.3 is 14.2 Å². The summed E-state index contributed by atoms with van der Waals surface area (Å²) in [5.41, 5.74) is 3.67. The van der Waals surface area contributed by atoms with E-state index in [1.54, 1.807) is 0 Å². The number of hydrogen-bond acceptors (Lipinski definition) is 5. The second-order valence-electron chi connectivity index (χ2n) is 6.61. The van der Waals surface area contributed by atoms with Crippen LogP contribution in [0.5, 0.6) is 0 Å². The number of aryl methyl sites for hydroxylation is 2. The van der Waals surface area contributed by atoms with Crippen LogP contribution in [-0.4, -0.2) is 22.6 Å². The Kier molecular flexibility index (Phi) is 4.93. The van der Waals surface area contributed by atoms with E-state index in [1.165, 1.54) is 5.56 Å². The molecule has 142 valence electrons. The highest BCUT2D eigenvalue weighted by atomic mass is 16.4. The fourth-order valence-electron chi connectivity index (χ4n) is 3.12. The van der Waals surface area contributed by atoms with Crippen LogP contribution in [0, 0.1) is 6.92 Å². The summed E-state index contributed by atoms with van der Waals surface area (Å²) in [6.07, 6.45) is 1.39. The lowest BCUT2D eigenvalue weighted by molar-refractivity contribution is 0.0927. The molecule has 4 rings (SSSR count). The van der Waals surface area contributed by atoms with Crippen molar-refractivity contribution in [1.82, 2.24) is 15.5 Å². The molecule has 0 aliphatic heterocycles. The highest BCUT2D eigenvalue weighted by molar-refractivity contribution is 5.99. The maximum absolute atomic E-state index is 12.5. The molecule has 0 radical (unpaired) electrons. The number of nitrogens with one attached hydrogen (secondary N) is 1. The Balaban J connectivity index is 1.40. The lowest BCUT2D eigenvalue weighted by atomic mass is 10.1. The van der Waals surface area contributed by atoms with Gasteiger partial charge in [0.05, 0.1) is 0 Å². The van der Waals surface area contributed by atoms with Crippen LogP contribution in [0.2, 0.25) is 0 Å². The van der Waals surface area contributed by atoms with Gasteiger partial charge in [-0.05, 0) is 43.2 Å². The summed E-state index contributed by atoms with van der Waals surface area (Å²) in [4.78, 5) is 12.5. The molecular formula is C22H21N3O3. The summed E-state index contributed by atoms with van der Waals surface area (Å²) in [5.74, 6) is 1.06. The largest absolute Gasteiger partial charge is 0.451 e. The van der Waals surface area contributed by atoms with Crippen molar-refractivity contribution in [1.29, 1.82) is 0 Å². The molecule has 1 N–H and O–H groups in total. The van der Waals surface area contributed by atoms with E-state index in [1.807, 2.05) is 49.4 Å². The van der Waals surface area contributed by atoms with Gasteiger partial charge in [0.2, 0.25) is 11.8 Å². The van der Waals surface area contributed by atoms with E-state index in [9.17, 15) is 4.79 Å². The van der Waals surface area contributed by atoms with Crippen LogP contribution >= 0.6 is 0 Å². The van der Waals surface area contributed by atoms with Crippen LogP contribution < -0.4 is 5.32 Å². The number of nitrogens with zero attached hydrogens (tertiary/aromatic N) is 2. The molecule has 6 nitrogen and oxygen atoms in total. The van der Waals surface area contributed by atoms with E-state index >= 15 is 0 Å². The van der Waals surface area contributed by atoms with Crippen molar-refractivity contribution in [2.24, 2.45) is 0 Å². The number of fused-ring (bicyclic) bond motifs is 1. The molecule has 0 saturated heterocycles. The SMILES string of the molecule is CCc1ccc2oc(C(=O)NCCc3nnc(-c4ccccc4)o3)c(C)c2c1. The number of amides is 1. The second kappa shape index (κ2) is 7.68. The number of rotatable bonds is 6. The van der Waals surface area contributed by atoms with E-state index in [0.717, 1.165) is 28.5 Å². The maximum atomic E-state index is 12.5. The van der Waals surface area contributed by atoms with Crippen molar-refractivity contribution in [2.45, 2.75) is 26.7 Å². The molecule has 0 saturated carbocycles. The number of aromatic nitrogens is 2. The predicted molar refractivity (Wildman–Crippen MR) is 106 cm³/mol. The number of hydrogen-bond donors (Lipinski definition) is 1. The van der Waals surface area contributed by atoms with Gasteiger partial charge in [-0.15, -0.1) is 10.2 Å². The smallest absolute Gasteiger partial charge is 0.287 e. The summed E-state index contributed by atoms with van der Waals surface area (Å²) in [6.45, 7) is 4.39. The Morgan fingerprint density at radius 3 is 2.68 bits per heavy atom. The predicted octanol–water partition coefficient (Wildman–Crippen LogP) is 4.33. The van der Waals surface area contributed by atoms with Crippen molar-refractivity contribution in [3.8, 4) is 11.5 Å². The average molecular weight is 375 g/mol. The average Bonchev–Trinajstić information content (AvgIpc) is 3.33. The van der Waals surface area contributed by atoms with Gasteiger partial charge in [-0.25, -0.2) is 0 Å². The zero-order valence-corrected chi connectivity index (χ0v) is 15.9. The van der Waals surface area contributed by atoms with Crippen molar-refractivity contribution in [3.63, 3.8) is 0 Å². The molecule has 0 fully saturated rings. The molecule has 28 heavy (non-hydrogen) atoms. The topological polar surface area (TPSA) is 81.2 Å². The molecule has 2 aromatic heterocycles. The van der Waals surface area contributed by atoms with Crippen LogP contribution in [0.3, 0.4) is 0 Å². The fraction of sp³-hybridized carbons (Fsp3) is 0.227. The van der Waals surface area contributed by atoms with Crippen molar-refractivity contribution >= 4 is 16.9 Å². The first kappa shape index (κ1) is 18.0. The zero-order valence-electron chi connectivity index (χ0n) is 15.9. The van der Waals surface area contributed by atoms with Gasteiger partial charge >= 0.3 is 0 Å². The Hall–Kier alpha value is -3.41. The molecular weight excluding hydrogens is 354 g/mol. The maximum Gasteiger partial charge on any atom is 0.287 e. The molecule has 0 aliphatic carbocycles. The Morgan fingerprint density at radius 2 is 1.89 bits per heavy atom. The van der Waals surface area contributed by atoms with Crippen molar-refractivity contribution < 1.29 is 13.6 Å². The number of benzene rings is 2. The van der Waals surface area contributed by atoms with E-state index in [2.05, 4.69) is 28.5 Å². The minimum Gasteiger partial charge on any atom is -0.451 e. The normalized spacial score (nSPS) is 11.1. The summed E-state index contributed by atoms with van der Waals surface area (Å²) in [7, 11) is 0. The van der Waals surface area contributed by atoms with Gasteiger partial charge in [-0.2, -0.15) is 0 Å². The van der Waals surface area contributed by atoms with Crippen LogP contribution in [0.4, 0.5) is 0 Å². The highest BCUT2D eigenvalue weighted by Crippen LogP contribution is 2.26. The van der Waals surface area contributed by atoms with Gasteiger partial charge in [-0.1, -0.05) is 31.2 Å². The van der Waals surface area contributed by atoms with E-state index < -0.39 is 0 Å². The van der Waals surface area contributed by atoms with E-state index in [4.69, 9.17) is 8.83 Å². The highest BCUT2D eigenvalue weighted by Gasteiger charge is 2.18. The molecule has 2 aromatic carbocycles. The third kappa shape index (κ3) is 3.53. The lowest BCUT2D eigenvalue weighted by Crippen LogP contribution is -2.25. The van der Waals surface area contributed by atoms with Crippen LogP contribution in [0.15, 0.2) is 57.4 Å². The first-order chi connectivity index (χ1) is 13.7. The summed E-state index contributed by atoms with van der Waals surface area (Å²) in [5, 5.41) is 11.9. The number of furan rings is 1. The quantitative estimate of drug-likeness (QED) is 0.543. The number of carbonyl (C=O) groups excluding carboxylic acids is 1. The summed E-state index contributed by atoms with van der Waals surface area (Å²) >= 11 is 0. The van der Waals surface area contributed by atoms with Crippen LogP contribution in [0.1, 0.15) is 34.5 Å². The van der Waals surface area contributed by atoms with Gasteiger partial charge in [0, 0.05) is 29.5 Å². The number of carbonyl (C=O) groups is 1.